The van der Waals surface area contributed by atoms with E-state index in [0.29, 0.717) is 93.0 Å². The minimum atomic E-state index is -3.99. The predicted molar refractivity (Wildman–Crippen MR) is 172 cm³/mol. The Bertz CT molecular complexity index is 1850. The van der Waals surface area contributed by atoms with Gasteiger partial charge in [0.05, 0.1) is 46.2 Å². The van der Waals surface area contributed by atoms with Crippen LogP contribution in [0, 0.1) is 5.41 Å². The molecule has 0 bridgehead atoms. The fourth-order valence-electron chi connectivity index (χ4n) is 6.83. The number of nitrogens with zero attached hydrogens (tertiary/aromatic N) is 7. The monoisotopic (exact) mass is 707 g/mol. The van der Waals surface area contributed by atoms with Crippen LogP contribution in [0.2, 0.25) is 0 Å². The van der Waals surface area contributed by atoms with E-state index in [-0.39, 0.29) is 34.0 Å². The Hall–Kier alpha value is -3.03. The van der Waals surface area contributed by atoms with Gasteiger partial charge in [-0.15, -0.1) is 15.3 Å². The molecular formula is C30H39F2N9O5S2. The highest BCUT2D eigenvalue weighted by atomic mass is 32.2. The Morgan fingerprint density at radius 3 is 2.44 bits per heavy atom. The minimum Gasteiger partial charge on any atom is -0.470 e. The standard InChI is InChI=1S/C30H39F2N9O5S2/c1-17-22(12-40(17)18-13-45-14-18)46-25-23-20(38-6-8-39(9-7-38)27(42)29(2)15-33-16-29)10-19(48(43,44)37-30(3)4-5-30)11-21(23)41(36-25)28-35-34-26(47-28)24(31)32/h10-11,17-18,22,24,33,37H,4-9,12-16H2,1-3H3/t17-,22+/m1/s1. The lowest BCUT2D eigenvalue weighted by Gasteiger charge is -2.51. The number of carbonyl (C=O) groups is 1. The maximum absolute atomic E-state index is 13.8. The number of rotatable bonds is 10. The first-order valence-electron chi connectivity index (χ1n) is 16.3. The molecule has 0 unspecified atom stereocenters. The summed E-state index contributed by atoms with van der Waals surface area (Å²) in [7, 11) is -3.99. The molecule has 1 amide bonds. The number of anilines is 1. The second-order valence-electron chi connectivity index (χ2n) is 14.2. The molecular weight excluding hydrogens is 669 g/mol. The van der Waals surface area contributed by atoms with Crippen molar-refractivity contribution in [3.05, 3.63) is 17.1 Å². The summed E-state index contributed by atoms with van der Waals surface area (Å²) < 4.78 is 71.0. The highest BCUT2D eigenvalue weighted by Gasteiger charge is 2.46. The first-order chi connectivity index (χ1) is 22.8. The molecule has 5 fully saturated rings. The maximum atomic E-state index is 13.8. The van der Waals surface area contributed by atoms with Crippen LogP contribution in [0.4, 0.5) is 14.5 Å². The molecule has 260 valence electrons. The predicted octanol–water partition coefficient (Wildman–Crippen LogP) is 1.75. The van der Waals surface area contributed by atoms with Crippen LogP contribution < -0.4 is 19.7 Å². The molecule has 2 N–H and O–H groups in total. The molecule has 2 atom stereocenters. The number of alkyl halides is 2. The van der Waals surface area contributed by atoms with Gasteiger partial charge < -0.3 is 24.6 Å². The van der Waals surface area contributed by atoms with E-state index in [1.807, 2.05) is 18.7 Å². The maximum Gasteiger partial charge on any atom is 0.291 e. The van der Waals surface area contributed by atoms with Crippen molar-refractivity contribution in [2.75, 3.05) is 63.9 Å². The average Bonchev–Trinajstić information content (AvgIpc) is 3.38. The van der Waals surface area contributed by atoms with Crippen LogP contribution in [0.5, 0.6) is 5.88 Å². The smallest absolute Gasteiger partial charge is 0.291 e. The summed E-state index contributed by atoms with van der Waals surface area (Å²) in [6.07, 6.45) is -1.57. The second kappa shape index (κ2) is 11.5. The molecule has 8 rings (SSSR count). The van der Waals surface area contributed by atoms with Crippen molar-refractivity contribution in [3.63, 3.8) is 0 Å². The summed E-state index contributed by atoms with van der Waals surface area (Å²) >= 11 is 0.687. The lowest BCUT2D eigenvalue weighted by molar-refractivity contribution is -0.144. The molecule has 14 nitrogen and oxygen atoms in total. The van der Waals surface area contributed by atoms with E-state index in [1.165, 1.54) is 10.7 Å². The van der Waals surface area contributed by atoms with Crippen LogP contribution >= 0.6 is 11.3 Å². The largest absolute Gasteiger partial charge is 0.470 e. The lowest BCUT2D eigenvalue weighted by atomic mass is 9.82. The van der Waals surface area contributed by atoms with Crippen molar-refractivity contribution < 1.29 is 31.5 Å². The van der Waals surface area contributed by atoms with Gasteiger partial charge in [-0.1, -0.05) is 11.3 Å². The number of halogens is 2. The molecule has 1 aliphatic carbocycles. The van der Waals surface area contributed by atoms with Crippen LogP contribution in [0.15, 0.2) is 17.0 Å². The van der Waals surface area contributed by atoms with Gasteiger partial charge in [-0.05, 0) is 45.7 Å². The van der Waals surface area contributed by atoms with E-state index in [4.69, 9.17) is 14.6 Å². The molecule has 4 aliphatic heterocycles. The quantitative estimate of drug-likeness (QED) is 0.318. The van der Waals surface area contributed by atoms with E-state index in [2.05, 4.69) is 37.0 Å². The number of amides is 1. The molecule has 48 heavy (non-hydrogen) atoms. The van der Waals surface area contributed by atoms with Crippen LogP contribution in [-0.4, -0.2) is 127 Å². The Morgan fingerprint density at radius 1 is 1.15 bits per heavy atom. The number of fused-ring (bicyclic) bond motifs is 1. The van der Waals surface area contributed by atoms with E-state index < -0.39 is 32.4 Å². The van der Waals surface area contributed by atoms with Crippen molar-refractivity contribution in [1.29, 1.82) is 0 Å². The van der Waals surface area contributed by atoms with Crippen molar-refractivity contribution in [2.45, 2.75) is 68.7 Å². The number of ether oxygens (including phenoxy) is 2. The Labute approximate surface area is 280 Å². The lowest BCUT2D eigenvalue weighted by Crippen LogP contribution is -2.68. The molecule has 5 aliphatic rings. The van der Waals surface area contributed by atoms with Gasteiger partial charge in [-0.2, -0.15) is 0 Å². The number of sulfonamides is 1. The molecule has 6 heterocycles. The third-order valence-corrected chi connectivity index (χ3v) is 13.0. The third-order valence-electron chi connectivity index (χ3n) is 10.5. The molecule has 1 saturated carbocycles. The van der Waals surface area contributed by atoms with E-state index in [9.17, 15) is 22.0 Å². The molecule has 4 saturated heterocycles. The second-order valence-corrected chi connectivity index (χ2v) is 16.8. The third kappa shape index (κ3) is 5.53. The first kappa shape index (κ1) is 32.2. The normalized spacial score (nSPS) is 25.5. The Morgan fingerprint density at radius 2 is 1.88 bits per heavy atom. The van der Waals surface area contributed by atoms with Crippen molar-refractivity contribution in [2.24, 2.45) is 5.41 Å². The number of hydrogen-bond acceptors (Lipinski definition) is 12. The van der Waals surface area contributed by atoms with Gasteiger partial charge in [0, 0.05) is 57.4 Å². The van der Waals surface area contributed by atoms with Crippen molar-refractivity contribution in [3.8, 4) is 11.0 Å². The van der Waals surface area contributed by atoms with E-state index in [0.717, 1.165) is 12.8 Å². The number of piperazine rings is 1. The molecule has 2 aromatic heterocycles. The Kier molecular flexibility index (Phi) is 7.72. The SMILES string of the molecule is C[C@@H]1[C@@H](Oc2nn(-c3nnc(C(F)F)s3)c3cc(S(=O)(=O)NC4(C)CC4)cc(N4CCN(C(=O)C5(C)CNC5)CC4)c23)CN1C1COC1. The fraction of sp³-hybridized carbons (Fsp3) is 0.667. The summed E-state index contributed by atoms with van der Waals surface area (Å²) in [6.45, 7) is 11.0. The molecule has 0 spiro atoms. The van der Waals surface area contributed by atoms with E-state index in [1.54, 1.807) is 6.07 Å². The minimum absolute atomic E-state index is 0.0177. The van der Waals surface area contributed by atoms with Crippen LogP contribution in [0.3, 0.4) is 0 Å². The van der Waals surface area contributed by atoms with Crippen LogP contribution in [-0.2, 0) is 19.6 Å². The highest BCUT2D eigenvalue weighted by molar-refractivity contribution is 7.89. The van der Waals surface area contributed by atoms with Gasteiger partial charge in [0.1, 0.15) is 6.10 Å². The number of likely N-dealkylation sites (tertiary alicyclic amines) is 1. The highest BCUT2D eigenvalue weighted by Crippen LogP contribution is 2.42. The molecule has 18 heteroatoms. The van der Waals surface area contributed by atoms with Crippen molar-refractivity contribution >= 4 is 43.9 Å². The number of carbonyl (C=O) groups excluding carboxylic acids is 1. The van der Waals surface area contributed by atoms with E-state index >= 15 is 0 Å². The molecule has 0 radical (unpaired) electrons. The van der Waals surface area contributed by atoms with Gasteiger partial charge in [-0.3, -0.25) is 9.69 Å². The van der Waals surface area contributed by atoms with Crippen LogP contribution in [0.1, 0.15) is 45.0 Å². The number of aromatic nitrogens is 4. The number of benzene rings is 1. The fourth-order valence-corrected chi connectivity index (χ4v) is 9.00. The summed E-state index contributed by atoms with van der Waals surface area (Å²) in [5.74, 6) is 0.361. The summed E-state index contributed by atoms with van der Waals surface area (Å²) in [5, 5.41) is 15.8. The first-order valence-corrected chi connectivity index (χ1v) is 18.6. The number of nitrogens with one attached hydrogen (secondary N) is 2. The zero-order valence-electron chi connectivity index (χ0n) is 27.0. The summed E-state index contributed by atoms with van der Waals surface area (Å²) in [4.78, 5) is 19.6. The van der Waals surface area contributed by atoms with Gasteiger partial charge in [0.15, 0.2) is 5.01 Å². The number of hydrogen-bond donors (Lipinski definition) is 2. The van der Waals surface area contributed by atoms with Gasteiger partial charge >= 0.3 is 0 Å². The zero-order valence-corrected chi connectivity index (χ0v) is 28.6. The van der Waals surface area contributed by atoms with Gasteiger partial charge in [0.25, 0.3) is 6.43 Å². The van der Waals surface area contributed by atoms with Crippen molar-refractivity contribution in [1.82, 2.24) is 39.8 Å². The van der Waals surface area contributed by atoms with Gasteiger partial charge in [0.2, 0.25) is 26.9 Å². The topological polar surface area (TPSA) is 147 Å². The summed E-state index contributed by atoms with van der Waals surface area (Å²) in [6, 6.07) is 3.55. The zero-order chi connectivity index (χ0) is 33.6. The van der Waals surface area contributed by atoms with Crippen LogP contribution in [0.25, 0.3) is 16.0 Å². The Balaban J connectivity index is 1.21. The molecule has 3 aromatic rings. The van der Waals surface area contributed by atoms with Gasteiger partial charge in [-0.25, -0.2) is 26.6 Å². The summed E-state index contributed by atoms with van der Waals surface area (Å²) in [5.41, 5.74) is -0.0186. The molecule has 1 aromatic carbocycles. The average molecular weight is 708 g/mol.